The molecule has 0 radical (unpaired) electrons. The van der Waals surface area contributed by atoms with E-state index in [2.05, 4.69) is 15.4 Å². The minimum atomic E-state index is -0.522. The van der Waals surface area contributed by atoms with Gasteiger partial charge in [0, 0.05) is 18.1 Å². The number of carbonyl (C=O) groups excluding carboxylic acids is 1. The number of hydrogen-bond donors (Lipinski definition) is 2. The molecule has 0 unspecified atom stereocenters. The first-order chi connectivity index (χ1) is 8.69. The van der Waals surface area contributed by atoms with Crippen LogP contribution in [0.2, 0.25) is 0 Å². The van der Waals surface area contributed by atoms with Gasteiger partial charge in [-0.15, -0.1) is 16.4 Å². The second kappa shape index (κ2) is 5.05. The molecule has 2 aromatic heterocycles. The maximum Gasteiger partial charge on any atom is 0.345 e. The third kappa shape index (κ3) is 2.02. The summed E-state index contributed by atoms with van der Waals surface area (Å²) in [6.07, 6.45) is 1.64. The summed E-state index contributed by atoms with van der Waals surface area (Å²) >= 11 is 1.38. The quantitative estimate of drug-likeness (QED) is 0.806. The van der Waals surface area contributed by atoms with Crippen LogP contribution in [0.5, 0.6) is 0 Å². The molecule has 2 rings (SSSR count). The highest BCUT2D eigenvalue weighted by atomic mass is 32.1. The highest BCUT2D eigenvalue weighted by Crippen LogP contribution is 2.26. The van der Waals surface area contributed by atoms with E-state index >= 15 is 0 Å². The van der Waals surface area contributed by atoms with Gasteiger partial charge in [0.05, 0.1) is 7.11 Å². The zero-order valence-corrected chi connectivity index (χ0v) is 10.8. The molecule has 0 saturated carbocycles. The summed E-state index contributed by atoms with van der Waals surface area (Å²) in [6, 6.07) is 0. The molecule has 7 nitrogen and oxygen atoms in total. The molecule has 0 aliphatic carbocycles. The Labute approximate surface area is 108 Å². The van der Waals surface area contributed by atoms with Gasteiger partial charge in [0.15, 0.2) is 5.82 Å². The maximum atomic E-state index is 11.7. The molecule has 0 aromatic carbocycles. The monoisotopic (exact) mass is 267 g/mol. The first kappa shape index (κ1) is 12.4. The first-order valence-corrected chi connectivity index (χ1v) is 6.17. The Bertz CT molecular complexity index is 549. The molecule has 2 aromatic rings. The highest BCUT2D eigenvalue weighted by molar-refractivity contribution is 7.12. The molecule has 0 amide bonds. The van der Waals surface area contributed by atoms with Gasteiger partial charge in [0.1, 0.15) is 11.4 Å². The smallest absolute Gasteiger partial charge is 0.345 e. The summed E-state index contributed by atoms with van der Waals surface area (Å²) in [5, 5.41) is 9.62. The van der Waals surface area contributed by atoms with Crippen LogP contribution in [0, 0.1) is 0 Å². The van der Waals surface area contributed by atoms with Gasteiger partial charge in [-0.25, -0.2) is 9.78 Å². The number of nitrogens with two attached hydrogens (primary N) is 1. The van der Waals surface area contributed by atoms with E-state index in [1.165, 1.54) is 23.1 Å². The maximum absolute atomic E-state index is 11.7. The zero-order valence-electron chi connectivity index (χ0n) is 10.0. The summed E-state index contributed by atoms with van der Waals surface area (Å²) in [6.45, 7) is 2.53. The highest BCUT2D eigenvalue weighted by Gasteiger charge is 2.24. The standard InChI is InChI=1S/C10H13N5O2S/c1-3-12-8-6(9(16)17-2)7(11)15(14-8)10-13-4-5-18-10/h4-5H,3,11H2,1-2H3,(H,12,14). The second-order valence-electron chi connectivity index (χ2n) is 3.36. The molecule has 0 aliphatic rings. The Balaban J connectivity index is 2.54. The van der Waals surface area contributed by atoms with E-state index in [1.54, 1.807) is 11.6 Å². The van der Waals surface area contributed by atoms with Crippen molar-refractivity contribution < 1.29 is 9.53 Å². The van der Waals surface area contributed by atoms with Crippen molar-refractivity contribution >= 4 is 28.9 Å². The number of ether oxygens (including phenoxy) is 1. The van der Waals surface area contributed by atoms with E-state index in [1.807, 2.05) is 6.92 Å². The van der Waals surface area contributed by atoms with Gasteiger partial charge >= 0.3 is 5.97 Å². The number of anilines is 2. The van der Waals surface area contributed by atoms with Crippen LogP contribution >= 0.6 is 11.3 Å². The number of nitrogens with zero attached hydrogens (tertiary/aromatic N) is 3. The van der Waals surface area contributed by atoms with Gasteiger partial charge in [-0.05, 0) is 6.92 Å². The van der Waals surface area contributed by atoms with Crippen molar-refractivity contribution in [1.29, 1.82) is 0 Å². The fourth-order valence-electron chi connectivity index (χ4n) is 1.49. The summed E-state index contributed by atoms with van der Waals surface area (Å²) in [5.41, 5.74) is 6.16. The molecule has 96 valence electrons. The van der Waals surface area contributed by atoms with Gasteiger partial charge in [-0.1, -0.05) is 0 Å². The van der Waals surface area contributed by atoms with Gasteiger partial charge < -0.3 is 15.8 Å². The van der Waals surface area contributed by atoms with Crippen LogP contribution in [0.3, 0.4) is 0 Å². The Morgan fingerprint density at radius 2 is 2.44 bits per heavy atom. The molecule has 8 heteroatoms. The van der Waals surface area contributed by atoms with Crippen molar-refractivity contribution in [2.75, 3.05) is 24.7 Å². The number of thiazole rings is 1. The summed E-state index contributed by atoms with van der Waals surface area (Å²) in [4.78, 5) is 15.8. The molecule has 0 bridgehead atoms. The topological polar surface area (TPSA) is 95.1 Å². The lowest BCUT2D eigenvalue weighted by Crippen LogP contribution is -2.09. The van der Waals surface area contributed by atoms with Crippen LogP contribution < -0.4 is 11.1 Å². The van der Waals surface area contributed by atoms with E-state index in [0.717, 1.165) is 0 Å². The van der Waals surface area contributed by atoms with Gasteiger partial charge in [-0.3, -0.25) is 0 Å². The SMILES string of the molecule is CCNc1nn(-c2nccs2)c(N)c1C(=O)OC. The molecule has 0 spiro atoms. The molecule has 18 heavy (non-hydrogen) atoms. The summed E-state index contributed by atoms with van der Waals surface area (Å²) in [5.74, 6) is 0.0936. The third-order valence-electron chi connectivity index (χ3n) is 2.26. The van der Waals surface area contributed by atoms with Crippen LogP contribution in [0.15, 0.2) is 11.6 Å². The molecule has 0 aliphatic heterocycles. The lowest BCUT2D eigenvalue weighted by atomic mass is 10.3. The first-order valence-electron chi connectivity index (χ1n) is 5.29. The number of methoxy groups -OCH3 is 1. The summed E-state index contributed by atoms with van der Waals surface area (Å²) < 4.78 is 6.13. The zero-order chi connectivity index (χ0) is 13.1. The van der Waals surface area contributed by atoms with E-state index in [-0.39, 0.29) is 11.4 Å². The Hall–Kier alpha value is -2.09. The number of carbonyl (C=O) groups is 1. The van der Waals surface area contributed by atoms with Gasteiger partial charge in [0.2, 0.25) is 5.13 Å². The van der Waals surface area contributed by atoms with Crippen molar-refractivity contribution in [1.82, 2.24) is 14.8 Å². The van der Waals surface area contributed by atoms with Crippen molar-refractivity contribution in [3.05, 3.63) is 17.1 Å². The summed E-state index contributed by atoms with van der Waals surface area (Å²) in [7, 11) is 1.30. The minimum absolute atomic E-state index is 0.216. The van der Waals surface area contributed by atoms with Crippen LogP contribution in [0.4, 0.5) is 11.6 Å². The van der Waals surface area contributed by atoms with E-state index in [4.69, 9.17) is 10.5 Å². The van der Waals surface area contributed by atoms with Crippen LogP contribution in [-0.2, 0) is 4.74 Å². The molecule has 0 fully saturated rings. The predicted octanol–water partition coefficient (Wildman–Crippen LogP) is 1.13. The van der Waals surface area contributed by atoms with Crippen LogP contribution in [0.1, 0.15) is 17.3 Å². The fraction of sp³-hybridized carbons (Fsp3) is 0.300. The number of hydrogen-bond acceptors (Lipinski definition) is 7. The molecular weight excluding hydrogens is 254 g/mol. The second-order valence-corrected chi connectivity index (χ2v) is 4.23. The predicted molar refractivity (Wildman–Crippen MR) is 69.2 cm³/mol. The van der Waals surface area contributed by atoms with Gasteiger partial charge in [0.25, 0.3) is 0 Å². The van der Waals surface area contributed by atoms with E-state index in [9.17, 15) is 4.79 Å². The Morgan fingerprint density at radius 1 is 1.67 bits per heavy atom. The van der Waals surface area contributed by atoms with Crippen molar-refractivity contribution in [3.63, 3.8) is 0 Å². The third-order valence-corrected chi connectivity index (χ3v) is 3.00. The van der Waals surface area contributed by atoms with Crippen molar-refractivity contribution in [2.24, 2.45) is 0 Å². The minimum Gasteiger partial charge on any atom is -0.465 e. The van der Waals surface area contributed by atoms with E-state index in [0.29, 0.717) is 17.5 Å². The average molecular weight is 267 g/mol. The Morgan fingerprint density at radius 3 is 3.00 bits per heavy atom. The van der Waals surface area contributed by atoms with Crippen molar-refractivity contribution in [3.8, 4) is 5.13 Å². The molecule has 0 saturated heterocycles. The molecule has 0 atom stereocenters. The van der Waals surface area contributed by atoms with Gasteiger partial charge in [-0.2, -0.15) is 4.68 Å². The lowest BCUT2D eigenvalue weighted by Gasteiger charge is -2.01. The fourth-order valence-corrected chi connectivity index (χ4v) is 2.10. The number of esters is 1. The molecule has 3 N–H and O–H groups in total. The average Bonchev–Trinajstić information content (AvgIpc) is 2.97. The normalized spacial score (nSPS) is 10.3. The van der Waals surface area contributed by atoms with Crippen molar-refractivity contribution in [2.45, 2.75) is 6.92 Å². The van der Waals surface area contributed by atoms with Crippen LogP contribution in [-0.4, -0.2) is 34.4 Å². The number of nitrogens with one attached hydrogen (secondary N) is 1. The Kier molecular flexibility index (Phi) is 3.47. The number of aromatic nitrogens is 3. The molecule has 2 heterocycles. The lowest BCUT2D eigenvalue weighted by molar-refractivity contribution is 0.0603. The number of nitrogen functional groups attached to an aromatic ring is 1. The van der Waals surface area contributed by atoms with E-state index < -0.39 is 5.97 Å². The largest absolute Gasteiger partial charge is 0.465 e. The number of rotatable bonds is 4. The molecular formula is C10H13N5O2S. The van der Waals surface area contributed by atoms with Crippen LogP contribution in [0.25, 0.3) is 5.13 Å².